The van der Waals surface area contributed by atoms with E-state index in [1.807, 2.05) is 32.9 Å². The second-order valence-electron chi connectivity index (χ2n) is 8.99. The average Bonchev–Trinajstić information content (AvgIpc) is 2.66. The predicted octanol–water partition coefficient (Wildman–Crippen LogP) is 2.64. The highest BCUT2D eigenvalue weighted by atomic mass is 16.6. The van der Waals surface area contributed by atoms with E-state index in [-0.39, 0.29) is 29.9 Å². The maximum Gasteiger partial charge on any atom is 0.407 e. The van der Waals surface area contributed by atoms with Gasteiger partial charge >= 0.3 is 6.09 Å². The highest BCUT2D eigenvalue weighted by Crippen LogP contribution is 2.24. The Hall–Kier alpha value is -2.77. The van der Waals surface area contributed by atoms with Gasteiger partial charge in [0.05, 0.1) is 5.92 Å². The molecular weight excluding hydrogens is 384 g/mol. The van der Waals surface area contributed by atoms with Gasteiger partial charge in [-0.3, -0.25) is 14.9 Å². The standard InChI is InChI=1S/C22H32N4O4/c1-22(2,3)30-21(29)24-16-9-11-26(12-10-16)18-6-4-5-17(13-18)23-14-15-7-8-19(27)25-20(15)28/h4-6,13,15-16,23H,7-12,14H2,1-3H3,(H,24,29)(H,25,27,28). The van der Waals surface area contributed by atoms with E-state index in [1.165, 1.54) is 0 Å². The topological polar surface area (TPSA) is 99.8 Å². The fourth-order valence-electron chi connectivity index (χ4n) is 3.74. The first-order valence-corrected chi connectivity index (χ1v) is 10.6. The van der Waals surface area contributed by atoms with Gasteiger partial charge < -0.3 is 20.3 Å². The van der Waals surface area contributed by atoms with Gasteiger partial charge in [-0.25, -0.2) is 4.79 Å². The van der Waals surface area contributed by atoms with Crippen LogP contribution in [-0.4, -0.2) is 49.2 Å². The Morgan fingerprint density at radius 2 is 1.93 bits per heavy atom. The normalized spacial score (nSPS) is 20.5. The number of nitrogens with zero attached hydrogens (tertiary/aromatic N) is 1. The molecule has 3 rings (SSSR count). The molecule has 1 atom stereocenters. The van der Waals surface area contributed by atoms with Crippen molar-refractivity contribution in [3.63, 3.8) is 0 Å². The smallest absolute Gasteiger partial charge is 0.407 e. The molecule has 2 aliphatic rings. The molecule has 1 aromatic rings. The van der Waals surface area contributed by atoms with E-state index in [4.69, 9.17) is 4.74 Å². The summed E-state index contributed by atoms with van der Waals surface area (Å²) in [7, 11) is 0. The minimum Gasteiger partial charge on any atom is -0.444 e. The van der Waals surface area contributed by atoms with Crippen LogP contribution in [0.4, 0.5) is 16.2 Å². The van der Waals surface area contributed by atoms with Gasteiger partial charge in [-0.05, 0) is 58.2 Å². The summed E-state index contributed by atoms with van der Waals surface area (Å²) in [6, 6.07) is 8.23. The number of nitrogens with one attached hydrogen (secondary N) is 3. The van der Waals surface area contributed by atoms with Gasteiger partial charge in [0.1, 0.15) is 5.60 Å². The Bertz CT molecular complexity index is 782. The summed E-state index contributed by atoms with van der Waals surface area (Å²) in [5.41, 5.74) is 1.57. The SMILES string of the molecule is CC(C)(C)OC(=O)NC1CCN(c2cccc(NCC3CCC(=O)NC3=O)c2)CC1. The lowest BCUT2D eigenvalue weighted by Crippen LogP contribution is -2.46. The highest BCUT2D eigenvalue weighted by molar-refractivity contribution is 5.98. The molecule has 2 aliphatic heterocycles. The van der Waals surface area contributed by atoms with Crippen LogP contribution < -0.4 is 20.9 Å². The summed E-state index contributed by atoms with van der Waals surface area (Å²) in [6.07, 6.45) is 2.32. The number of anilines is 2. The van der Waals surface area contributed by atoms with Crippen LogP contribution in [0.15, 0.2) is 24.3 Å². The van der Waals surface area contributed by atoms with Gasteiger partial charge in [-0.15, -0.1) is 0 Å². The molecule has 0 spiro atoms. The first-order valence-electron chi connectivity index (χ1n) is 10.6. The third-order valence-corrected chi connectivity index (χ3v) is 5.33. The molecule has 0 aromatic heterocycles. The summed E-state index contributed by atoms with van der Waals surface area (Å²) in [5.74, 6) is -0.585. The minimum absolute atomic E-state index is 0.116. The molecule has 1 aromatic carbocycles. The van der Waals surface area contributed by atoms with Crippen LogP contribution in [0, 0.1) is 5.92 Å². The summed E-state index contributed by atoms with van der Waals surface area (Å²) < 4.78 is 5.34. The zero-order valence-electron chi connectivity index (χ0n) is 18.0. The van der Waals surface area contributed by atoms with Crippen LogP contribution in [0.2, 0.25) is 0 Å². The molecule has 0 saturated carbocycles. The Morgan fingerprint density at radius 1 is 1.20 bits per heavy atom. The Morgan fingerprint density at radius 3 is 2.60 bits per heavy atom. The van der Waals surface area contributed by atoms with Crippen molar-refractivity contribution in [2.45, 2.75) is 58.1 Å². The summed E-state index contributed by atoms with van der Waals surface area (Å²) in [5, 5.41) is 8.68. The van der Waals surface area contributed by atoms with Gasteiger partial charge in [0.15, 0.2) is 0 Å². The van der Waals surface area contributed by atoms with Crippen molar-refractivity contribution >= 4 is 29.3 Å². The monoisotopic (exact) mass is 416 g/mol. The van der Waals surface area contributed by atoms with E-state index in [2.05, 4.69) is 33.0 Å². The van der Waals surface area contributed by atoms with Crippen LogP contribution in [0.25, 0.3) is 0 Å². The zero-order chi connectivity index (χ0) is 21.7. The predicted molar refractivity (Wildman–Crippen MR) is 115 cm³/mol. The molecule has 30 heavy (non-hydrogen) atoms. The van der Waals surface area contributed by atoms with Crippen LogP contribution in [-0.2, 0) is 14.3 Å². The lowest BCUT2D eigenvalue weighted by atomic mass is 9.98. The van der Waals surface area contributed by atoms with Crippen molar-refractivity contribution < 1.29 is 19.1 Å². The summed E-state index contributed by atoms with van der Waals surface area (Å²) in [6.45, 7) is 7.77. The molecule has 3 amide bonds. The third-order valence-electron chi connectivity index (χ3n) is 5.33. The second kappa shape index (κ2) is 9.36. The molecule has 1 unspecified atom stereocenters. The number of imide groups is 1. The molecule has 0 radical (unpaired) electrons. The quantitative estimate of drug-likeness (QED) is 0.638. The fourth-order valence-corrected chi connectivity index (χ4v) is 3.74. The molecule has 2 saturated heterocycles. The Kier molecular flexibility index (Phi) is 6.84. The van der Waals surface area contributed by atoms with Crippen molar-refractivity contribution in [1.82, 2.24) is 10.6 Å². The molecule has 2 heterocycles. The maximum atomic E-state index is 12.0. The van der Waals surface area contributed by atoms with Crippen molar-refractivity contribution in [3.8, 4) is 0 Å². The Balaban J connectivity index is 1.48. The van der Waals surface area contributed by atoms with Crippen LogP contribution in [0.3, 0.4) is 0 Å². The number of piperidine rings is 2. The lowest BCUT2D eigenvalue weighted by molar-refractivity contribution is -0.135. The van der Waals surface area contributed by atoms with Crippen molar-refractivity contribution in [1.29, 1.82) is 0 Å². The van der Waals surface area contributed by atoms with E-state index < -0.39 is 5.60 Å². The van der Waals surface area contributed by atoms with Crippen molar-refractivity contribution in [2.75, 3.05) is 29.9 Å². The number of hydrogen-bond donors (Lipinski definition) is 3. The first-order chi connectivity index (χ1) is 14.2. The van der Waals surface area contributed by atoms with Gasteiger partial charge in [-0.1, -0.05) is 6.07 Å². The van der Waals surface area contributed by atoms with Crippen molar-refractivity contribution in [2.24, 2.45) is 5.92 Å². The summed E-state index contributed by atoms with van der Waals surface area (Å²) in [4.78, 5) is 37.4. The van der Waals surface area contributed by atoms with Gasteiger partial charge in [0.2, 0.25) is 11.8 Å². The average molecular weight is 417 g/mol. The molecule has 0 aliphatic carbocycles. The van der Waals surface area contributed by atoms with Crippen LogP contribution in [0.1, 0.15) is 46.5 Å². The van der Waals surface area contributed by atoms with E-state index in [0.29, 0.717) is 19.4 Å². The molecular formula is C22H32N4O4. The highest BCUT2D eigenvalue weighted by Gasteiger charge is 2.26. The van der Waals surface area contributed by atoms with Gasteiger partial charge in [-0.2, -0.15) is 0 Å². The summed E-state index contributed by atoms with van der Waals surface area (Å²) >= 11 is 0. The molecule has 8 heteroatoms. The number of carbonyl (C=O) groups is 3. The third kappa shape index (κ3) is 6.37. The largest absolute Gasteiger partial charge is 0.444 e. The lowest BCUT2D eigenvalue weighted by Gasteiger charge is -2.34. The first kappa shape index (κ1) is 21.9. The molecule has 0 bridgehead atoms. The number of benzene rings is 1. The molecule has 8 nitrogen and oxygen atoms in total. The fraction of sp³-hybridized carbons (Fsp3) is 0.591. The number of hydrogen-bond acceptors (Lipinski definition) is 6. The Labute approximate surface area is 177 Å². The van der Waals surface area contributed by atoms with Crippen LogP contribution in [0.5, 0.6) is 0 Å². The van der Waals surface area contributed by atoms with Gasteiger partial charge in [0, 0.05) is 43.5 Å². The van der Waals surface area contributed by atoms with E-state index >= 15 is 0 Å². The molecule has 2 fully saturated rings. The number of amides is 3. The number of alkyl carbamates (subject to hydrolysis) is 1. The molecule has 164 valence electrons. The van der Waals surface area contributed by atoms with Gasteiger partial charge in [0.25, 0.3) is 0 Å². The maximum absolute atomic E-state index is 12.0. The van der Waals surface area contributed by atoms with E-state index in [1.54, 1.807) is 0 Å². The zero-order valence-corrected chi connectivity index (χ0v) is 18.0. The van der Waals surface area contributed by atoms with Crippen molar-refractivity contribution in [3.05, 3.63) is 24.3 Å². The number of rotatable bonds is 5. The second-order valence-corrected chi connectivity index (χ2v) is 8.99. The number of ether oxygens (including phenoxy) is 1. The van der Waals surface area contributed by atoms with Crippen LogP contribution >= 0.6 is 0 Å². The molecule has 3 N–H and O–H groups in total. The minimum atomic E-state index is -0.494. The van der Waals surface area contributed by atoms with E-state index in [9.17, 15) is 14.4 Å². The number of carbonyl (C=O) groups excluding carboxylic acids is 3. The van der Waals surface area contributed by atoms with E-state index in [0.717, 1.165) is 37.3 Å².